The van der Waals surface area contributed by atoms with Crippen LogP contribution < -0.4 is 14.8 Å². The van der Waals surface area contributed by atoms with Gasteiger partial charge in [0, 0.05) is 24.8 Å². The van der Waals surface area contributed by atoms with Gasteiger partial charge in [0.15, 0.2) is 0 Å². The van der Waals surface area contributed by atoms with Gasteiger partial charge in [-0.15, -0.1) is 0 Å². The molecule has 0 unspecified atom stereocenters. The average Bonchev–Trinajstić information content (AvgIpc) is 2.68. The number of likely N-dealkylation sites (N-methyl/N-ethyl adjacent to an activating group) is 1. The summed E-state index contributed by atoms with van der Waals surface area (Å²) in [5, 5.41) is 2.70. The molecule has 0 radical (unpaired) electrons. The molecule has 2 N–H and O–H groups in total. The Bertz CT molecular complexity index is 925. The SMILES string of the molecule is CCNS(=O)(=O)c1ccc(C(=O)N(C)CC(=O)Nc2ccc(OC)cc2)cc1. The Balaban J connectivity index is 1.98. The van der Waals surface area contributed by atoms with Crippen molar-refractivity contribution in [3.8, 4) is 5.75 Å². The van der Waals surface area contributed by atoms with Gasteiger partial charge in [0.2, 0.25) is 15.9 Å². The van der Waals surface area contributed by atoms with Crippen molar-refractivity contribution in [2.24, 2.45) is 0 Å². The van der Waals surface area contributed by atoms with Crippen LogP contribution in [-0.4, -0.2) is 52.4 Å². The molecular formula is C19H23N3O5S. The van der Waals surface area contributed by atoms with Gasteiger partial charge in [-0.25, -0.2) is 13.1 Å². The lowest BCUT2D eigenvalue weighted by atomic mass is 10.2. The van der Waals surface area contributed by atoms with E-state index in [1.165, 1.54) is 36.2 Å². The molecule has 8 nitrogen and oxygen atoms in total. The number of carbonyl (C=O) groups is 2. The molecule has 2 aromatic rings. The Hall–Kier alpha value is -2.91. The first-order chi connectivity index (χ1) is 13.3. The van der Waals surface area contributed by atoms with Crippen LogP contribution >= 0.6 is 0 Å². The van der Waals surface area contributed by atoms with Crippen molar-refractivity contribution < 1.29 is 22.7 Å². The second-order valence-corrected chi connectivity index (χ2v) is 7.73. The maximum absolute atomic E-state index is 12.5. The second-order valence-electron chi connectivity index (χ2n) is 5.96. The Kier molecular flexibility index (Phi) is 7.13. The van der Waals surface area contributed by atoms with Crippen LogP contribution in [0.25, 0.3) is 0 Å². The Labute approximate surface area is 164 Å². The molecule has 2 aromatic carbocycles. The summed E-state index contributed by atoms with van der Waals surface area (Å²) < 4.78 is 31.3. The van der Waals surface area contributed by atoms with Crippen LogP contribution in [0, 0.1) is 0 Å². The van der Waals surface area contributed by atoms with Gasteiger partial charge in [-0.05, 0) is 48.5 Å². The van der Waals surface area contributed by atoms with E-state index in [4.69, 9.17) is 4.74 Å². The number of sulfonamides is 1. The van der Waals surface area contributed by atoms with E-state index in [0.29, 0.717) is 11.4 Å². The van der Waals surface area contributed by atoms with E-state index in [0.717, 1.165) is 0 Å². The zero-order valence-corrected chi connectivity index (χ0v) is 16.7. The van der Waals surface area contributed by atoms with Crippen LogP contribution in [0.5, 0.6) is 5.75 Å². The van der Waals surface area contributed by atoms with E-state index in [-0.39, 0.29) is 29.5 Å². The van der Waals surface area contributed by atoms with Crippen molar-refractivity contribution in [2.45, 2.75) is 11.8 Å². The minimum Gasteiger partial charge on any atom is -0.497 e. The standard InChI is InChI=1S/C19H23N3O5S/c1-4-20-28(25,26)17-11-5-14(6-12-17)19(24)22(2)13-18(23)21-15-7-9-16(27-3)10-8-15/h5-12,20H,4,13H2,1-3H3,(H,21,23). The molecule has 0 aliphatic heterocycles. The highest BCUT2D eigenvalue weighted by Crippen LogP contribution is 2.15. The molecule has 0 aliphatic rings. The van der Waals surface area contributed by atoms with Gasteiger partial charge in [0.05, 0.1) is 18.6 Å². The maximum Gasteiger partial charge on any atom is 0.254 e. The minimum absolute atomic E-state index is 0.0748. The fraction of sp³-hybridized carbons (Fsp3) is 0.263. The first kappa shape index (κ1) is 21.4. The normalized spacial score (nSPS) is 11.0. The molecule has 0 heterocycles. The van der Waals surface area contributed by atoms with Crippen molar-refractivity contribution in [3.05, 3.63) is 54.1 Å². The Morgan fingerprint density at radius 2 is 1.64 bits per heavy atom. The van der Waals surface area contributed by atoms with E-state index in [1.807, 2.05) is 0 Å². The van der Waals surface area contributed by atoms with Crippen LogP contribution in [0.1, 0.15) is 17.3 Å². The fourth-order valence-corrected chi connectivity index (χ4v) is 3.47. The van der Waals surface area contributed by atoms with Gasteiger partial charge < -0.3 is 15.0 Å². The van der Waals surface area contributed by atoms with E-state index < -0.39 is 15.9 Å². The van der Waals surface area contributed by atoms with E-state index in [1.54, 1.807) is 38.3 Å². The van der Waals surface area contributed by atoms with Gasteiger partial charge >= 0.3 is 0 Å². The summed E-state index contributed by atoms with van der Waals surface area (Å²) in [7, 11) is -0.528. The molecule has 0 atom stereocenters. The topological polar surface area (TPSA) is 105 Å². The number of methoxy groups -OCH3 is 1. The first-order valence-corrected chi connectivity index (χ1v) is 10.0. The quantitative estimate of drug-likeness (QED) is 0.696. The van der Waals surface area contributed by atoms with Gasteiger partial charge in [-0.2, -0.15) is 0 Å². The average molecular weight is 405 g/mol. The van der Waals surface area contributed by atoms with Crippen LogP contribution in [-0.2, 0) is 14.8 Å². The van der Waals surface area contributed by atoms with Crippen LogP contribution in [0.4, 0.5) is 5.69 Å². The highest BCUT2D eigenvalue weighted by atomic mass is 32.2. The third-order valence-electron chi connectivity index (χ3n) is 3.85. The molecule has 0 bridgehead atoms. The number of nitrogens with zero attached hydrogens (tertiary/aromatic N) is 1. The number of hydrogen-bond donors (Lipinski definition) is 2. The zero-order chi connectivity index (χ0) is 20.7. The summed E-state index contributed by atoms with van der Waals surface area (Å²) in [6, 6.07) is 12.4. The molecule has 0 saturated heterocycles. The third-order valence-corrected chi connectivity index (χ3v) is 5.41. The second kappa shape index (κ2) is 9.34. The van der Waals surface area contributed by atoms with Gasteiger partial charge in [-0.1, -0.05) is 6.92 Å². The highest BCUT2D eigenvalue weighted by molar-refractivity contribution is 7.89. The third kappa shape index (κ3) is 5.54. The van der Waals surface area contributed by atoms with E-state index in [2.05, 4.69) is 10.0 Å². The minimum atomic E-state index is -3.58. The number of benzene rings is 2. The Morgan fingerprint density at radius 3 is 2.18 bits per heavy atom. The first-order valence-electron chi connectivity index (χ1n) is 8.56. The lowest BCUT2D eigenvalue weighted by molar-refractivity contribution is -0.116. The van der Waals surface area contributed by atoms with Crippen molar-refractivity contribution in [1.82, 2.24) is 9.62 Å². The number of carbonyl (C=O) groups excluding carboxylic acids is 2. The highest BCUT2D eigenvalue weighted by Gasteiger charge is 2.17. The molecule has 2 rings (SSSR count). The van der Waals surface area contributed by atoms with Gasteiger partial charge in [-0.3, -0.25) is 9.59 Å². The van der Waals surface area contributed by atoms with Crippen LogP contribution in [0.15, 0.2) is 53.4 Å². The zero-order valence-electron chi connectivity index (χ0n) is 15.9. The fourth-order valence-electron chi connectivity index (χ4n) is 2.43. The summed E-state index contributed by atoms with van der Waals surface area (Å²) in [5.41, 5.74) is 0.875. The largest absolute Gasteiger partial charge is 0.497 e. The Morgan fingerprint density at radius 1 is 1.04 bits per heavy atom. The predicted molar refractivity (Wildman–Crippen MR) is 106 cm³/mol. The number of hydrogen-bond acceptors (Lipinski definition) is 5. The van der Waals surface area contributed by atoms with Crippen LogP contribution in [0.3, 0.4) is 0 Å². The van der Waals surface area contributed by atoms with Crippen molar-refractivity contribution in [3.63, 3.8) is 0 Å². The molecule has 0 spiro atoms. The van der Waals surface area contributed by atoms with Gasteiger partial charge in [0.1, 0.15) is 5.75 Å². The number of nitrogens with one attached hydrogen (secondary N) is 2. The number of amides is 2. The summed E-state index contributed by atoms with van der Waals surface area (Å²) in [6.07, 6.45) is 0. The molecule has 28 heavy (non-hydrogen) atoms. The van der Waals surface area contributed by atoms with E-state index in [9.17, 15) is 18.0 Å². The predicted octanol–water partition coefficient (Wildman–Crippen LogP) is 1.70. The van der Waals surface area contributed by atoms with Crippen molar-refractivity contribution in [1.29, 1.82) is 0 Å². The summed E-state index contributed by atoms with van der Waals surface area (Å²) >= 11 is 0. The smallest absolute Gasteiger partial charge is 0.254 e. The number of rotatable bonds is 8. The number of anilines is 1. The maximum atomic E-state index is 12.5. The summed E-state index contributed by atoms with van der Waals surface area (Å²) in [5.74, 6) is -0.0745. The molecule has 150 valence electrons. The van der Waals surface area contributed by atoms with Crippen molar-refractivity contribution >= 4 is 27.5 Å². The summed E-state index contributed by atoms with van der Waals surface area (Å²) in [6.45, 7) is 1.80. The van der Waals surface area contributed by atoms with Crippen molar-refractivity contribution in [2.75, 3.05) is 32.6 Å². The molecule has 0 aromatic heterocycles. The number of ether oxygens (including phenoxy) is 1. The van der Waals surface area contributed by atoms with E-state index >= 15 is 0 Å². The molecule has 0 saturated carbocycles. The molecule has 2 amide bonds. The molecule has 0 aliphatic carbocycles. The van der Waals surface area contributed by atoms with Gasteiger partial charge in [0.25, 0.3) is 5.91 Å². The molecule has 0 fully saturated rings. The molecule has 9 heteroatoms. The molecular weight excluding hydrogens is 382 g/mol. The van der Waals surface area contributed by atoms with Crippen LogP contribution in [0.2, 0.25) is 0 Å². The lowest BCUT2D eigenvalue weighted by Gasteiger charge is -2.17. The lowest BCUT2D eigenvalue weighted by Crippen LogP contribution is -2.35. The monoisotopic (exact) mass is 405 g/mol. The summed E-state index contributed by atoms with van der Waals surface area (Å²) in [4.78, 5) is 25.9.